The fraction of sp³-hybridized carbons (Fsp3) is 0.957. The summed E-state index contributed by atoms with van der Waals surface area (Å²) in [6.07, 6.45) is 77.9. The molecule has 0 aromatic carbocycles. The van der Waals surface area contributed by atoms with E-state index < -0.39 is 97.5 Å². The van der Waals surface area contributed by atoms with Crippen molar-refractivity contribution in [3.05, 3.63) is 0 Å². The predicted molar refractivity (Wildman–Crippen MR) is 460 cm³/mol. The van der Waals surface area contributed by atoms with Gasteiger partial charge in [0.05, 0.1) is 26.4 Å². The van der Waals surface area contributed by atoms with Gasteiger partial charge in [-0.3, -0.25) is 37.3 Å². The van der Waals surface area contributed by atoms with E-state index >= 15 is 0 Å². The smallest absolute Gasteiger partial charge is 0.462 e. The zero-order valence-electron chi connectivity index (χ0n) is 73.3. The first-order chi connectivity index (χ1) is 53.9. The molecular weight excluding hydrogens is 1440 g/mol. The van der Waals surface area contributed by atoms with Gasteiger partial charge in [-0.05, 0) is 37.5 Å². The van der Waals surface area contributed by atoms with Gasteiger partial charge in [-0.25, -0.2) is 9.13 Å². The van der Waals surface area contributed by atoms with Gasteiger partial charge in [0.1, 0.15) is 19.3 Å². The molecule has 17 nitrogen and oxygen atoms in total. The number of hydrogen-bond donors (Lipinski definition) is 3. The van der Waals surface area contributed by atoms with Gasteiger partial charge in [-0.2, -0.15) is 0 Å². The number of carbonyl (C=O) groups excluding carboxylic acids is 4. The maximum atomic E-state index is 13.2. The highest BCUT2D eigenvalue weighted by atomic mass is 31.2. The minimum absolute atomic E-state index is 0.108. The zero-order chi connectivity index (χ0) is 81.3. The highest BCUT2D eigenvalue weighted by Crippen LogP contribution is 2.45. The summed E-state index contributed by atoms with van der Waals surface area (Å²) in [5.74, 6) is -0.430. The van der Waals surface area contributed by atoms with Crippen molar-refractivity contribution in [2.24, 2.45) is 11.8 Å². The number of rotatable bonds is 91. The van der Waals surface area contributed by atoms with E-state index in [2.05, 4.69) is 41.5 Å². The van der Waals surface area contributed by atoms with E-state index in [1.165, 1.54) is 315 Å². The number of phosphoric ester groups is 2. The second kappa shape index (κ2) is 83.1. The SMILES string of the molecule is CCCCCCCCCCCCCCCCCCCCCCCCC(=O)OC[C@H](COP(=O)(O)OC[C@@H](O)COP(=O)(O)OC[C@@H](COC(=O)CCCCCCCCCCCC)OC(=O)CCCCCCCCCCCCCCCCC(C)C)OC(=O)CCCCCCCCCCCCCCCCCCCCC(C)CC. The van der Waals surface area contributed by atoms with Gasteiger partial charge in [-0.1, -0.05) is 446 Å². The third kappa shape index (κ3) is 84.3. The lowest BCUT2D eigenvalue weighted by molar-refractivity contribution is -0.161. The van der Waals surface area contributed by atoms with Gasteiger partial charge >= 0.3 is 39.5 Å². The van der Waals surface area contributed by atoms with Gasteiger partial charge in [0.15, 0.2) is 12.2 Å². The summed E-state index contributed by atoms with van der Waals surface area (Å²) < 4.78 is 69.1. The Balaban J connectivity index is 5.21. The fourth-order valence-electron chi connectivity index (χ4n) is 14.4. The molecule has 0 rings (SSSR count). The number of aliphatic hydroxyl groups excluding tert-OH is 1. The Morgan fingerprint density at radius 1 is 0.261 bits per heavy atom. The minimum Gasteiger partial charge on any atom is -0.462 e. The molecule has 0 heterocycles. The average Bonchev–Trinajstić information content (AvgIpc) is 0.898. The van der Waals surface area contributed by atoms with Crippen LogP contribution in [0.3, 0.4) is 0 Å². The molecule has 0 spiro atoms. The maximum Gasteiger partial charge on any atom is 0.472 e. The Labute approximate surface area is 683 Å². The monoisotopic (exact) mass is 1620 g/mol. The fourth-order valence-corrected chi connectivity index (χ4v) is 16.0. The highest BCUT2D eigenvalue weighted by Gasteiger charge is 2.31. The number of phosphoric acid groups is 2. The van der Waals surface area contributed by atoms with Gasteiger partial charge in [0.2, 0.25) is 0 Å². The van der Waals surface area contributed by atoms with Crippen LogP contribution < -0.4 is 0 Å². The second-order valence-corrected chi connectivity index (χ2v) is 36.7. The van der Waals surface area contributed by atoms with Crippen molar-refractivity contribution in [3.8, 4) is 0 Å². The number of unbranched alkanes of at least 4 members (excludes halogenated alkanes) is 60. The molecule has 660 valence electrons. The number of esters is 4. The van der Waals surface area contributed by atoms with Crippen molar-refractivity contribution in [1.29, 1.82) is 0 Å². The van der Waals surface area contributed by atoms with E-state index in [9.17, 15) is 43.2 Å². The van der Waals surface area contributed by atoms with Crippen LogP contribution >= 0.6 is 15.6 Å². The number of hydrogen-bond acceptors (Lipinski definition) is 15. The van der Waals surface area contributed by atoms with Crippen molar-refractivity contribution in [3.63, 3.8) is 0 Å². The van der Waals surface area contributed by atoms with Crippen LogP contribution in [-0.4, -0.2) is 96.7 Å². The summed E-state index contributed by atoms with van der Waals surface area (Å²) in [5, 5.41) is 10.7. The summed E-state index contributed by atoms with van der Waals surface area (Å²) in [7, 11) is -9.93. The van der Waals surface area contributed by atoms with Crippen LogP contribution in [0.15, 0.2) is 0 Å². The second-order valence-electron chi connectivity index (χ2n) is 33.8. The lowest BCUT2D eigenvalue weighted by Gasteiger charge is -2.21. The molecule has 0 bridgehead atoms. The van der Waals surface area contributed by atoms with Crippen molar-refractivity contribution >= 4 is 39.5 Å². The molecule has 0 saturated carbocycles. The first-order valence-corrected chi connectivity index (χ1v) is 50.5. The van der Waals surface area contributed by atoms with Crippen LogP contribution in [0.5, 0.6) is 0 Å². The molecule has 0 aliphatic heterocycles. The van der Waals surface area contributed by atoms with Crippen LogP contribution in [0, 0.1) is 11.8 Å². The van der Waals surface area contributed by atoms with Crippen LogP contribution in [0.25, 0.3) is 0 Å². The standard InChI is InChI=1S/C92H180O17P2/c1-7-10-12-14-16-18-20-21-22-23-24-25-26-27-31-34-40-45-51-57-63-69-75-90(95)103-81-88(109-91(96)76-70-64-58-52-46-41-35-32-29-28-30-33-39-44-49-55-61-67-73-85(6)9-3)83-107-111(100,101)105-79-86(93)78-104-110(98,99)106-82-87(80-102-89(94)74-68-62-56-50-19-17-15-13-11-8-2)108-92(97)77-71-65-59-53-47-42-37-36-38-43-48-54-60-66-72-84(4)5/h84-88,93H,7-83H2,1-6H3,(H,98,99)(H,100,101)/t85?,86-,87+,88+/m0/s1. The topological polar surface area (TPSA) is 237 Å². The third-order valence-electron chi connectivity index (χ3n) is 22.1. The maximum absolute atomic E-state index is 13.2. The lowest BCUT2D eigenvalue weighted by Crippen LogP contribution is -2.30. The van der Waals surface area contributed by atoms with E-state index in [-0.39, 0.29) is 25.7 Å². The molecular formula is C92H180O17P2. The Kier molecular flexibility index (Phi) is 81.7. The largest absolute Gasteiger partial charge is 0.472 e. The number of carbonyl (C=O) groups is 4. The van der Waals surface area contributed by atoms with E-state index in [1.54, 1.807) is 0 Å². The normalized spacial score (nSPS) is 14.0. The molecule has 0 fully saturated rings. The summed E-state index contributed by atoms with van der Waals surface area (Å²) >= 11 is 0. The van der Waals surface area contributed by atoms with Crippen molar-refractivity contribution in [1.82, 2.24) is 0 Å². The molecule has 6 atom stereocenters. The first kappa shape index (κ1) is 109. The van der Waals surface area contributed by atoms with Gasteiger partial charge < -0.3 is 33.8 Å². The Morgan fingerprint density at radius 3 is 0.685 bits per heavy atom. The molecule has 0 amide bonds. The van der Waals surface area contributed by atoms with Gasteiger partial charge in [0.25, 0.3) is 0 Å². The van der Waals surface area contributed by atoms with Crippen LogP contribution in [-0.2, 0) is 65.4 Å². The molecule has 0 aliphatic rings. The summed E-state index contributed by atoms with van der Waals surface area (Å²) in [6, 6.07) is 0. The van der Waals surface area contributed by atoms with Crippen LogP contribution in [0.4, 0.5) is 0 Å². The molecule has 3 unspecified atom stereocenters. The van der Waals surface area contributed by atoms with Gasteiger partial charge in [-0.15, -0.1) is 0 Å². The summed E-state index contributed by atoms with van der Waals surface area (Å²) in [5.41, 5.74) is 0. The number of aliphatic hydroxyl groups is 1. The molecule has 0 aliphatic carbocycles. The summed E-state index contributed by atoms with van der Waals surface area (Å²) in [4.78, 5) is 73.4. The Hall–Kier alpha value is -1.94. The molecule has 111 heavy (non-hydrogen) atoms. The van der Waals surface area contributed by atoms with E-state index in [1.807, 2.05) is 0 Å². The van der Waals surface area contributed by atoms with Crippen LogP contribution in [0.2, 0.25) is 0 Å². The Bertz CT molecular complexity index is 2120. The molecule has 0 aromatic rings. The summed E-state index contributed by atoms with van der Waals surface area (Å²) in [6.45, 7) is 9.78. The highest BCUT2D eigenvalue weighted by molar-refractivity contribution is 7.47. The average molecular weight is 1620 g/mol. The lowest BCUT2D eigenvalue weighted by atomic mass is 9.99. The quantitative estimate of drug-likeness (QED) is 0.0222. The zero-order valence-corrected chi connectivity index (χ0v) is 75.1. The molecule has 0 saturated heterocycles. The molecule has 19 heteroatoms. The van der Waals surface area contributed by atoms with E-state index in [0.717, 1.165) is 102 Å². The molecule has 0 aromatic heterocycles. The Morgan fingerprint density at radius 2 is 0.459 bits per heavy atom. The predicted octanol–water partition coefficient (Wildman–Crippen LogP) is 28.6. The third-order valence-corrected chi connectivity index (χ3v) is 24.0. The molecule has 3 N–H and O–H groups in total. The number of ether oxygens (including phenoxy) is 4. The minimum atomic E-state index is -4.97. The van der Waals surface area contributed by atoms with Crippen molar-refractivity contribution in [2.75, 3.05) is 39.6 Å². The van der Waals surface area contributed by atoms with Crippen LogP contribution in [0.1, 0.15) is 497 Å². The molecule has 0 radical (unpaired) electrons. The van der Waals surface area contributed by atoms with E-state index in [0.29, 0.717) is 25.7 Å². The van der Waals surface area contributed by atoms with Crippen molar-refractivity contribution in [2.45, 2.75) is 516 Å². The van der Waals surface area contributed by atoms with Crippen molar-refractivity contribution < 1.29 is 80.2 Å². The van der Waals surface area contributed by atoms with Gasteiger partial charge in [0, 0.05) is 25.7 Å². The van der Waals surface area contributed by atoms with E-state index in [4.69, 9.17) is 37.0 Å². The first-order valence-electron chi connectivity index (χ1n) is 47.5.